The maximum atomic E-state index is 7.56. The van der Waals surface area contributed by atoms with E-state index in [0.29, 0.717) is 5.17 Å². The minimum absolute atomic E-state index is 0.487. The van der Waals surface area contributed by atoms with E-state index in [-0.39, 0.29) is 0 Å². The lowest BCUT2D eigenvalue weighted by molar-refractivity contribution is 0.141. The number of ether oxygens (including phenoxy) is 1. The van der Waals surface area contributed by atoms with Crippen molar-refractivity contribution in [2.24, 2.45) is 5.73 Å². The second-order valence-electron chi connectivity index (χ2n) is 4.54. The molecule has 1 aliphatic rings. The minimum Gasteiger partial charge on any atom is -0.487 e. The molecule has 0 atom stereocenters. The maximum absolute atomic E-state index is 7.56. The Hall–Kier alpha value is -0.960. The lowest BCUT2D eigenvalue weighted by atomic mass is 10.3. The molecule has 0 radical (unpaired) electrons. The third-order valence-electron chi connectivity index (χ3n) is 2.96. The first-order chi connectivity index (χ1) is 9.99. The number of aliphatic hydroxyl groups is 1. The number of nitrogens with zero attached hydrogens (tertiary/aromatic N) is 2. The lowest BCUT2D eigenvalue weighted by Gasteiger charge is -2.34. The SMILES string of the molecule is C=CCN1CCN(CCCNC(=S)OC)CC1.NC(O)=S. The predicted octanol–water partition coefficient (Wildman–Crippen LogP) is 0.489. The third kappa shape index (κ3) is 12.5. The van der Waals surface area contributed by atoms with E-state index in [0.717, 1.165) is 52.2 Å². The molecule has 122 valence electrons. The molecule has 21 heavy (non-hydrogen) atoms. The summed E-state index contributed by atoms with van der Waals surface area (Å²) in [5.74, 6) is 0. The normalized spacial score (nSPS) is 15.5. The van der Waals surface area contributed by atoms with E-state index in [1.54, 1.807) is 7.11 Å². The largest absolute Gasteiger partial charge is 0.487 e. The van der Waals surface area contributed by atoms with Gasteiger partial charge in [-0.25, -0.2) is 0 Å². The number of thiocarbonyl (C=S) groups is 2. The summed E-state index contributed by atoms with van der Waals surface area (Å²) in [6, 6.07) is 0. The summed E-state index contributed by atoms with van der Waals surface area (Å²) in [6.07, 6.45) is 3.08. The monoisotopic (exact) mass is 334 g/mol. The van der Waals surface area contributed by atoms with Crippen LogP contribution in [-0.2, 0) is 4.74 Å². The van der Waals surface area contributed by atoms with Crippen LogP contribution in [0.3, 0.4) is 0 Å². The quantitative estimate of drug-likeness (QED) is 0.368. The first kappa shape index (κ1) is 20.0. The molecule has 0 aliphatic carbocycles. The second-order valence-corrected chi connectivity index (χ2v) is 5.33. The number of nitrogens with one attached hydrogen (secondary N) is 1. The molecular formula is C13H26N4O2S2. The molecule has 0 aromatic rings. The Labute approximate surface area is 137 Å². The van der Waals surface area contributed by atoms with Gasteiger partial charge in [-0.15, -0.1) is 6.58 Å². The van der Waals surface area contributed by atoms with E-state index in [9.17, 15) is 0 Å². The summed E-state index contributed by atoms with van der Waals surface area (Å²) in [7, 11) is 1.59. The fourth-order valence-corrected chi connectivity index (χ4v) is 2.05. The van der Waals surface area contributed by atoms with Crippen molar-refractivity contribution in [2.75, 3.05) is 52.9 Å². The molecule has 0 bridgehead atoms. The highest BCUT2D eigenvalue weighted by molar-refractivity contribution is 7.80. The average Bonchev–Trinajstić information content (AvgIpc) is 2.44. The van der Waals surface area contributed by atoms with Gasteiger partial charge in [0.05, 0.1) is 7.11 Å². The smallest absolute Gasteiger partial charge is 0.256 e. The van der Waals surface area contributed by atoms with Gasteiger partial charge in [0, 0.05) is 39.3 Å². The van der Waals surface area contributed by atoms with E-state index in [1.807, 2.05) is 6.08 Å². The highest BCUT2D eigenvalue weighted by atomic mass is 32.1. The summed E-state index contributed by atoms with van der Waals surface area (Å²) in [5.41, 5.74) is 4.40. The number of rotatable bonds is 6. The molecular weight excluding hydrogens is 308 g/mol. The zero-order valence-electron chi connectivity index (χ0n) is 12.6. The zero-order chi connectivity index (χ0) is 16.1. The van der Waals surface area contributed by atoms with E-state index in [4.69, 9.17) is 22.1 Å². The van der Waals surface area contributed by atoms with Crippen molar-refractivity contribution in [1.82, 2.24) is 15.1 Å². The van der Waals surface area contributed by atoms with Crippen LogP contribution in [0.1, 0.15) is 6.42 Å². The van der Waals surface area contributed by atoms with Crippen molar-refractivity contribution in [3.63, 3.8) is 0 Å². The number of hydrogen-bond acceptors (Lipinski definition) is 5. The summed E-state index contributed by atoms with van der Waals surface area (Å²) < 4.78 is 4.87. The highest BCUT2D eigenvalue weighted by Crippen LogP contribution is 2.01. The molecule has 0 amide bonds. The molecule has 4 N–H and O–H groups in total. The van der Waals surface area contributed by atoms with Gasteiger partial charge in [0.2, 0.25) is 0 Å². The summed E-state index contributed by atoms with van der Waals surface area (Å²) in [6.45, 7) is 11.4. The van der Waals surface area contributed by atoms with Gasteiger partial charge in [-0.05, 0) is 37.4 Å². The predicted molar refractivity (Wildman–Crippen MR) is 94.7 cm³/mol. The van der Waals surface area contributed by atoms with E-state index < -0.39 is 5.17 Å². The second kappa shape index (κ2) is 12.8. The van der Waals surface area contributed by atoms with Gasteiger partial charge in [-0.2, -0.15) is 0 Å². The molecule has 8 heteroatoms. The molecule has 1 saturated heterocycles. The molecule has 0 spiro atoms. The zero-order valence-corrected chi connectivity index (χ0v) is 14.2. The topological polar surface area (TPSA) is 74.0 Å². The first-order valence-corrected chi connectivity index (χ1v) is 7.67. The van der Waals surface area contributed by atoms with Crippen LogP contribution >= 0.6 is 24.4 Å². The standard InChI is InChI=1S/C12H23N3OS.CH3NOS/c1-3-6-14-8-10-15(11-9-14)7-4-5-13-12(17)16-2;2-1(3)4/h3H,1,4-11H2,2H3,(H,13,17);(H3,2,3,4). The van der Waals surface area contributed by atoms with Gasteiger partial charge in [0.15, 0.2) is 0 Å². The van der Waals surface area contributed by atoms with Gasteiger partial charge >= 0.3 is 0 Å². The Balaban J connectivity index is 0.000000885. The Morgan fingerprint density at radius 1 is 1.33 bits per heavy atom. The van der Waals surface area contributed by atoms with Crippen LogP contribution in [0.25, 0.3) is 0 Å². The van der Waals surface area contributed by atoms with Gasteiger partial charge in [-0.3, -0.25) is 4.90 Å². The Bertz CT molecular complexity index is 317. The highest BCUT2D eigenvalue weighted by Gasteiger charge is 2.14. The number of aliphatic hydroxyl groups excluding tert-OH is 1. The van der Waals surface area contributed by atoms with Crippen LogP contribution in [0.15, 0.2) is 12.7 Å². The van der Waals surface area contributed by atoms with Crippen LogP contribution in [-0.4, -0.2) is 78.2 Å². The fraction of sp³-hybridized carbons (Fsp3) is 0.692. The number of piperazine rings is 1. The van der Waals surface area contributed by atoms with Crippen molar-refractivity contribution in [2.45, 2.75) is 6.42 Å². The maximum Gasteiger partial charge on any atom is 0.256 e. The lowest BCUT2D eigenvalue weighted by Crippen LogP contribution is -2.46. The molecule has 0 aromatic heterocycles. The molecule has 0 aromatic carbocycles. The summed E-state index contributed by atoms with van der Waals surface area (Å²) in [5, 5.41) is 10.6. The molecule has 1 aliphatic heterocycles. The van der Waals surface area contributed by atoms with Gasteiger partial charge < -0.3 is 25.8 Å². The van der Waals surface area contributed by atoms with Crippen molar-refractivity contribution in [3.8, 4) is 0 Å². The molecule has 0 unspecified atom stereocenters. The molecule has 1 fully saturated rings. The third-order valence-corrected chi connectivity index (χ3v) is 3.27. The van der Waals surface area contributed by atoms with Crippen LogP contribution < -0.4 is 11.1 Å². The fourth-order valence-electron chi connectivity index (χ4n) is 1.94. The van der Waals surface area contributed by atoms with E-state index in [1.165, 1.54) is 0 Å². The van der Waals surface area contributed by atoms with Gasteiger partial charge in [0.1, 0.15) is 0 Å². The minimum atomic E-state index is -0.500. The first-order valence-electron chi connectivity index (χ1n) is 6.85. The number of nitrogens with two attached hydrogens (primary N) is 1. The van der Waals surface area contributed by atoms with Crippen molar-refractivity contribution in [1.29, 1.82) is 0 Å². The Kier molecular flexibility index (Phi) is 12.2. The van der Waals surface area contributed by atoms with Crippen LogP contribution in [0.4, 0.5) is 0 Å². The average molecular weight is 335 g/mol. The molecule has 0 saturated carbocycles. The van der Waals surface area contributed by atoms with Crippen LogP contribution in [0, 0.1) is 0 Å². The number of methoxy groups -OCH3 is 1. The van der Waals surface area contributed by atoms with E-state index >= 15 is 0 Å². The van der Waals surface area contributed by atoms with Crippen molar-refractivity contribution >= 4 is 34.8 Å². The van der Waals surface area contributed by atoms with Gasteiger partial charge in [-0.1, -0.05) is 6.08 Å². The van der Waals surface area contributed by atoms with Crippen molar-refractivity contribution < 1.29 is 9.84 Å². The summed E-state index contributed by atoms with van der Waals surface area (Å²) >= 11 is 8.78. The molecule has 6 nitrogen and oxygen atoms in total. The molecule has 1 rings (SSSR count). The number of hydrogen-bond donors (Lipinski definition) is 3. The van der Waals surface area contributed by atoms with Gasteiger partial charge in [0.25, 0.3) is 10.3 Å². The van der Waals surface area contributed by atoms with Crippen molar-refractivity contribution in [3.05, 3.63) is 12.7 Å². The summed E-state index contributed by atoms with van der Waals surface area (Å²) in [4.78, 5) is 4.93. The van der Waals surface area contributed by atoms with E-state index in [2.05, 4.69) is 39.6 Å². The van der Waals surface area contributed by atoms with Crippen LogP contribution in [0.2, 0.25) is 0 Å². The van der Waals surface area contributed by atoms with Crippen LogP contribution in [0.5, 0.6) is 0 Å². The Morgan fingerprint density at radius 2 is 1.86 bits per heavy atom. The Morgan fingerprint density at radius 3 is 2.33 bits per heavy atom. The molecule has 1 heterocycles.